The fourth-order valence-corrected chi connectivity index (χ4v) is 4.45. The van der Waals surface area contributed by atoms with Crippen LogP contribution in [-0.4, -0.2) is 26.4 Å². The van der Waals surface area contributed by atoms with E-state index in [-0.39, 0.29) is 16.4 Å². The van der Waals surface area contributed by atoms with Crippen LogP contribution < -0.4 is 9.62 Å². The molecule has 3 aromatic rings. The number of carbonyl (C=O) groups is 1. The van der Waals surface area contributed by atoms with Crippen molar-refractivity contribution < 1.29 is 26.4 Å². The van der Waals surface area contributed by atoms with Crippen LogP contribution in [0.4, 0.5) is 24.5 Å². The summed E-state index contributed by atoms with van der Waals surface area (Å²) in [5.74, 6) is -0.661. The number of para-hydroxylation sites is 1. The van der Waals surface area contributed by atoms with Gasteiger partial charge in [-0.05, 0) is 42.8 Å². The summed E-state index contributed by atoms with van der Waals surface area (Å²) in [6.07, 6.45) is -3.71. The van der Waals surface area contributed by atoms with E-state index >= 15 is 0 Å². The van der Waals surface area contributed by atoms with E-state index in [1.807, 2.05) is 0 Å². The Hall–Kier alpha value is -2.82. The number of rotatable bonds is 5. The van der Waals surface area contributed by atoms with Crippen molar-refractivity contribution in [3.05, 3.63) is 81.6 Å². The van der Waals surface area contributed by atoms with Gasteiger partial charge in [-0.25, -0.2) is 13.4 Å². The minimum Gasteiger partial charge on any atom is -0.310 e. The van der Waals surface area contributed by atoms with Gasteiger partial charge in [-0.1, -0.05) is 41.4 Å². The van der Waals surface area contributed by atoms with Crippen molar-refractivity contribution in [3.63, 3.8) is 0 Å². The molecule has 3 rings (SSSR count). The Morgan fingerprint density at radius 3 is 2.39 bits per heavy atom. The zero-order chi connectivity index (χ0) is 24.6. The van der Waals surface area contributed by atoms with E-state index in [4.69, 9.17) is 23.2 Å². The molecule has 0 unspecified atom stereocenters. The first-order chi connectivity index (χ1) is 15.3. The SMILES string of the molecule is Cc1ccccc1N(C)C(=O)c1ncc(Cl)cc1NS(=O)(=O)c1ccc(Cl)c(C(F)(F)F)c1. The summed E-state index contributed by atoms with van der Waals surface area (Å²) < 4.78 is 67.3. The van der Waals surface area contributed by atoms with Crippen molar-refractivity contribution in [1.29, 1.82) is 0 Å². The van der Waals surface area contributed by atoms with Gasteiger partial charge in [-0.3, -0.25) is 9.52 Å². The van der Waals surface area contributed by atoms with Crippen LogP contribution in [0.15, 0.2) is 59.6 Å². The monoisotopic (exact) mass is 517 g/mol. The summed E-state index contributed by atoms with van der Waals surface area (Å²) in [5, 5.41) is -0.642. The maximum absolute atomic E-state index is 13.2. The molecule has 33 heavy (non-hydrogen) atoms. The van der Waals surface area contributed by atoms with Crippen molar-refractivity contribution in [2.45, 2.75) is 18.0 Å². The Morgan fingerprint density at radius 2 is 1.76 bits per heavy atom. The largest absolute Gasteiger partial charge is 0.417 e. The Bertz CT molecular complexity index is 1330. The zero-order valence-electron chi connectivity index (χ0n) is 17.1. The number of alkyl halides is 3. The molecule has 1 heterocycles. The van der Waals surface area contributed by atoms with Gasteiger partial charge in [0.15, 0.2) is 5.69 Å². The van der Waals surface area contributed by atoms with Gasteiger partial charge in [-0.2, -0.15) is 13.2 Å². The van der Waals surface area contributed by atoms with Crippen LogP contribution in [0, 0.1) is 6.92 Å². The fraction of sp³-hybridized carbons (Fsp3) is 0.143. The van der Waals surface area contributed by atoms with Gasteiger partial charge in [0.05, 0.1) is 26.2 Å². The van der Waals surface area contributed by atoms with E-state index in [9.17, 15) is 26.4 Å². The molecule has 0 fully saturated rings. The second kappa shape index (κ2) is 9.20. The van der Waals surface area contributed by atoms with Crippen molar-refractivity contribution in [2.24, 2.45) is 0 Å². The smallest absolute Gasteiger partial charge is 0.310 e. The van der Waals surface area contributed by atoms with Gasteiger partial charge in [0.2, 0.25) is 0 Å². The molecule has 12 heteroatoms. The Labute approximate surface area is 198 Å². The van der Waals surface area contributed by atoms with Crippen molar-refractivity contribution >= 4 is 50.5 Å². The number of aryl methyl sites for hydroxylation is 1. The molecule has 0 spiro atoms. The number of nitrogens with one attached hydrogen (secondary N) is 1. The quantitative estimate of drug-likeness (QED) is 0.464. The van der Waals surface area contributed by atoms with E-state index in [2.05, 4.69) is 9.71 Å². The second-order valence-electron chi connectivity index (χ2n) is 6.95. The van der Waals surface area contributed by atoms with E-state index in [0.717, 1.165) is 30.0 Å². The molecule has 0 aliphatic heterocycles. The summed E-state index contributed by atoms with van der Waals surface area (Å²) in [4.78, 5) is 17.6. The molecular weight excluding hydrogens is 502 g/mol. The van der Waals surface area contributed by atoms with Gasteiger partial charge in [0.25, 0.3) is 15.9 Å². The third kappa shape index (κ3) is 5.40. The van der Waals surface area contributed by atoms with Crippen molar-refractivity contribution in [3.8, 4) is 0 Å². The average molecular weight is 518 g/mol. The predicted octanol–water partition coefficient (Wildman–Crippen LogP) is 5.79. The summed E-state index contributed by atoms with van der Waals surface area (Å²) in [6, 6.07) is 10.3. The summed E-state index contributed by atoms with van der Waals surface area (Å²) in [7, 11) is -3.08. The van der Waals surface area contributed by atoms with Crippen LogP contribution in [-0.2, 0) is 16.2 Å². The minimum absolute atomic E-state index is 0.00915. The lowest BCUT2D eigenvalue weighted by atomic mass is 10.1. The fourth-order valence-electron chi connectivity index (χ4n) is 2.99. The van der Waals surface area contributed by atoms with Crippen molar-refractivity contribution in [1.82, 2.24) is 4.98 Å². The summed E-state index contributed by atoms with van der Waals surface area (Å²) >= 11 is 11.5. The first-order valence-electron chi connectivity index (χ1n) is 9.20. The number of hydrogen-bond acceptors (Lipinski definition) is 4. The first-order valence-corrected chi connectivity index (χ1v) is 11.4. The zero-order valence-corrected chi connectivity index (χ0v) is 19.4. The van der Waals surface area contributed by atoms with Gasteiger partial charge >= 0.3 is 6.18 Å². The average Bonchev–Trinajstić information content (AvgIpc) is 2.72. The number of sulfonamides is 1. The Morgan fingerprint density at radius 1 is 1.09 bits per heavy atom. The minimum atomic E-state index is -4.86. The molecule has 2 aromatic carbocycles. The lowest BCUT2D eigenvalue weighted by Gasteiger charge is -2.21. The van der Waals surface area contributed by atoms with E-state index in [0.29, 0.717) is 11.8 Å². The standard InChI is InChI=1S/C21H16Cl2F3N3O3S/c1-12-5-3-4-6-18(12)29(2)20(30)19-17(9-13(22)11-27-19)28-33(31,32)14-7-8-16(23)15(10-14)21(24,25)26/h3-11,28H,1-2H3. The number of hydrogen-bond donors (Lipinski definition) is 1. The van der Waals surface area contributed by atoms with Crippen LogP contribution in [0.1, 0.15) is 21.6 Å². The van der Waals surface area contributed by atoms with Gasteiger partial charge < -0.3 is 4.90 Å². The van der Waals surface area contributed by atoms with E-state index in [1.54, 1.807) is 31.2 Å². The van der Waals surface area contributed by atoms with Crippen LogP contribution >= 0.6 is 23.2 Å². The van der Waals surface area contributed by atoms with Gasteiger partial charge in [0.1, 0.15) is 0 Å². The molecule has 1 N–H and O–H groups in total. The normalized spacial score (nSPS) is 11.8. The number of amides is 1. The number of aromatic nitrogens is 1. The maximum atomic E-state index is 13.2. The van der Waals surface area contributed by atoms with Crippen LogP contribution in [0.2, 0.25) is 10.0 Å². The molecular formula is C21H16Cl2F3N3O3S. The molecule has 174 valence electrons. The predicted molar refractivity (Wildman–Crippen MR) is 120 cm³/mol. The molecule has 0 radical (unpaired) electrons. The highest BCUT2D eigenvalue weighted by atomic mass is 35.5. The van der Waals surface area contributed by atoms with E-state index in [1.165, 1.54) is 11.9 Å². The molecule has 0 aliphatic carbocycles. The first kappa shape index (κ1) is 24.8. The van der Waals surface area contributed by atoms with Crippen LogP contribution in [0.3, 0.4) is 0 Å². The van der Waals surface area contributed by atoms with E-state index < -0.39 is 37.6 Å². The number of anilines is 2. The van der Waals surface area contributed by atoms with Crippen LogP contribution in [0.25, 0.3) is 0 Å². The lowest BCUT2D eigenvalue weighted by Crippen LogP contribution is -2.29. The molecule has 0 atom stereocenters. The lowest BCUT2D eigenvalue weighted by molar-refractivity contribution is -0.137. The number of halogens is 5. The Kier molecular flexibility index (Phi) is 6.92. The molecule has 0 saturated carbocycles. The number of carbonyl (C=O) groups excluding carboxylic acids is 1. The molecule has 1 amide bonds. The van der Waals surface area contributed by atoms with Gasteiger partial charge in [-0.15, -0.1) is 0 Å². The number of benzene rings is 2. The molecule has 0 bridgehead atoms. The maximum Gasteiger partial charge on any atom is 0.417 e. The molecule has 0 aliphatic rings. The molecule has 6 nitrogen and oxygen atoms in total. The third-order valence-corrected chi connectivity index (χ3v) is 6.54. The topological polar surface area (TPSA) is 79.4 Å². The highest BCUT2D eigenvalue weighted by Crippen LogP contribution is 2.36. The highest BCUT2D eigenvalue weighted by molar-refractivity contribution is 7.92. The van der Waals surface area contributed by atoms with Gasteiger partial charge in [0, 0.05) is 18.9 Å². The van der Waals surface area contributed by atoms with Crippen LogP contribution in [0.5, 0.6) is 0 Å². The Balaban J connectivity index is 2.02. The second-order valence-corrected chi connectivity index (χ2v) is 9.47. The highest BCUT2D eigenvalue weighted by Gasteiger charge is 2.35. The molecule has 0 saturated heterocycles. The summed E-state index contributed by atoms with van der Waals surface area (Å²) in [6.45, 7) is 1.79. The number of nitrogens with zero attached hydrogens (tertiary/aromatic N) is 2. The van der Waals surface area contributed by atoms with Crippen molar-refractivity contribution in [2.75, 3.05) is 16.7 Å². The third-order valence-electron chi connectivity index (χ3n) is 4.64. The summed E-state index contributed by atoms with van der Waals surface area (Å²) in [5.41, 5.74) is -0.562. The molecule has 1 aromatic heterocycles. The number of pyridine rings is 1.